The third-order valence-corrected chi connectivity index (χ3v) is 3.35. The fraction of sp³-hybridized carbons (Fsp3) is 0.176. The number of benzene rings is 1. The molecule has 0 aromatic heterocycles. The minimum absolute atomic E-state index is 0.0673. The Kier molecular flexibility index (Phi) is 4.54. The molecule has 0 unspecified atom stereocenters. The lowest BCUT2D eigenvalue weighted by molar-refractivity contribution is -0.137. The zero-order chi connectivity index (χ0) is 17.2. The molecule has 0 bridgehead atoms. The standard InChI is InChI=1S/C17H15F3N2O/c1-4-5-9-14-11(2)22(3)16(23)15(14)21-13-8-6-7-12(10-13)17(18,19)20/h4-10H,2H2,1,3H3/b5-4-,14-9+,21-15?. The summed E-state index contributed by atoms with van der Waals surface area (Å²) in [6.07, 6.45) is 0.690. The summed E-state index contributed by atoms with van der Waals surface area (Å²) in [6.45, 7) is 5.62. The van der Waals surface area contributed by atoms with E-state index in [1.54, 1.807) is 25.3 Å². The van der Waals surface area contributed by atoms with Crippen LogP contribution in [0.4, 0.5) is 18.9 Å². The van der Waals surface area contributed by atoms with Gasteiger partial charge in [-0.05, 0) is 25.1 Å². The predicted molar refractivity (Wildman–Crippen MR) is 83.3 cm³/mol. The molecule has 0 saturated carbocycles. The average molecular weight is 320 g/mol. The van der Waals surface area contributed by atoms with E-state index < -0.39 is 17.6 Å². The number of likely N-dealkylation sites (N-methyl/N-ethyl adjacent to an activating group) is 1. The molecule has 23 heavy (non-hydrogen) atoms. The lowest BCUT2D eigenvalue weighted by Gasteiger charge is -2.07. The maximum absolute atomic E-state index is 12.8. The Hall–Kier alpha value is -2.63. The van der Waals surface area contributed by atoms with Crippen LogP contribution in [0, 0.1) is 0 Å². The molecule has 1 aromatic carbocycles. The third kappa shape index (κ3) is 3.41. The molecule has 1 aliphatic rings. The number of hydrogen-bond donors (Lipinski definition) is 0. The first-order valence-electron chi connectivity index (χ1n) is 6.82. The first-order chi connectivity index (χ1) is 10.8. The van der Waals surface area contributed by atoms with Crippen LogP contribution in [0.3, 0.4) is 0 Å². The summed E-state index contributed by atoms with van der Waals surface area (Å²) >= 11 is 0. The second-order valence-electron chi connectivity index (χ2n) is 4.93. The monoisotopic (exact) mass is 320 g/mol. The first-order valence-corrected chi connectivity index (χ1v) is 6.82. The molecule has 3 nitrogen and oxygen atoms in total. The fourth-order valence-corrected chi connectivity index (χ4v) is 2.07. The highest BCUT2D eigenvalue weighted by molar-refractivity contribution is 6.50. The molecule has 0 aliphatic carbocycles. The highest BCUT2D eigenvalue weighted by atomic mass is 19.4. The van der Waals surface area contributed by atoms with Gasteiger partial charge in [-0.2, -0.15) is 13.2 Å². The number of rotatable bonds is 2. The molecule has 2 rings (SSSR count). The first kappa shape index (κ1) is 16.7. The van der Waals surface area contributed by atoms with Crippen LogP contribution in [-0.2, 0) is 11.0 Å². The van der Waals surface area contributed by atoms with Crippen molar-refractivity contribution in [2.24, 2.45) is 4.99 Å². The summed E-state index contributed by atoms with van der Waals surface area (Å²) in [5.41, 5.74) is 0.287. The van der Waals surface area contributed by atoms with E-state index in [0.717, 1.165) is 12.1 Å². The van der Waals surface area contributed by atoms with Crippen molar-refractivity contribution in [1.82, 2.24) is 4.90 Å². The Labute approximate surface area is 132 Å². The van der Waals surface area contributed by atoms with E-state index in [4.69, 9.17) is 0 Å². The number of carbonyl (C=O) groups is 1. The van der Waals surface area contributed by atoms with Crippen molar-refractivity contribution >= 4 is 17.3 Å². The average Bonchev–Trinajstić information content (AvgIpc) is 2.69. The second kappa shape index (κ2) is 6.24. The van der Waals surface area contributed by atoms with Gasteiger partial charge in [0.2, 0.25) is 0 Å². The molecule has 1 aliphatic heterocycles. The number of amides is 1. The zero-order valence-electron chi connectivity index (χ0n) is 12.7. The van der Waals surface area contributed by atoms with Crippen LogP contribution in [0.25, 0.3) is 0 Å². The van der Waals surface area contributed by atoms with E-state index in [-0.39, 0.29) is 11.4 Å². The molecular formula is C17H15F3N2O. The summed E-state index contributed by atoms with van der Waals surface area (Å²) in [6, 6.07) is 4.55. The van der Waals surface area contributed by atoms with Crippen molar-refractivity contribution in [3.8, 4) is 0 Å². The predicted octanol–water partition coefficient (Wildman–Crippen LogP) is 4.27. The molecule has 6 heteroatoms. The summed E-state index contributed by atoms with van der Waals surface area (Å²) < 4.78 is 38.3. The number of nitrogens with zero attached hydrogens (tertiary/aromatic N) is 2. The van der Waals surface area contributed by atoms with Gasteiger partial charge in [-0.1, -0.05) is 30.9 Å². The molecule has 0 radical (unpaired) electrons. The molecule has 1 aromatic rings. The minimum Gasteiger partial charge on any atom is -0.310 e. The van der Waals surface area contributed by atoms with Gasteiger partial charge in [0, 0.05) is 18.3 Å². The van der Waals surface area contributed by atoms with Crippen molar-refractivity contribution in [2.45, 2.75) is 13.1 Å². The van der Waals surface area contributed by atoms with E-state index in [1.165, 1.54) is 17.0 Å². The normalized spacial score (nSPS) is 19.6. The van der Waals surface area contributed by atoms with Crippen LogP contribution >= 0.6 is 0 Å². The lowest BCUT2D eigenvalue weighted by atomic mass is 10.1. The van der Waals surface area contributed by atoms with Crippen LogP contribution in [0.15, 0.2) is 65.3 Å². The Bertz CT molecular complexity index is 742. The topological polar surface area (TPSA) is 32.7 Å². The van der Waals surface area contributed by atoms with Gasteiger partial charge in [-0.15, -0.1) is 0 Å². The number of likely N-dealkylation sites (tertiary alicyclic amines) is 1. The van der Waals surface area contributed by atoms with E-state index in [1.807, 2.05) is 6.92 Å². The highest BCUT2D eigenvalue weighted by Gasteiger charge is 2.34. The number of hydrogen-bond acceptors (Lipinski definition) is 2. The van der Waals surface area contributed by atoms with Crippen LogP contribution in [0.2, 0.25) is 0 Å². The largest absolute Gasteiger partial charge is 0.416 e. The fourth-order valence-electron chi connectivity index (χ4n) is 2.07. The van der Waals surface area contributed by atoms with Gasteiger partial charge < -0.3 is 4.90 Å². The molecular weight excluding hydrogens is 305 g/mol. The summed E-state index contributed by atoms with van der Waals surface area (Å²) in [5, 5.41) is 0. The summed E-state index contributed by atoms with van der Waals surface area (Å²) in [7, 11) is 1.54. The van der Waals surface area contributed by atoms with E-state index in [2.05, 4.69) is 11.6 Å². The molecule has 1 amide bonds. The maximum Gasteiger partial charge on any atom is 0.416 e. The lowest BCUT2D eigenvalue weighted by Crippen LogP contribution is -2.21. The molecule has 1 fully saturated rings. The van der Waals surface area contributed by atoms with Gasteiger partial charge in [-0.25, -0.2) is 4.99 Å². The van der Waals surface area contributed by atoms with Crippen LogP contribution in [0.1, 0.15) is 12.5 Å². The highest BCUT2D eigenvalue weighted by Crippen LogP contribution is 2.32. The number of halogens is 3. The molecule has 0 spiro atoms. The van der Waals surface area contributed by atoms with Gasteiger partial charge in [-0.3, -0.25) is 4.79 Å². The summed E-state index contributed by atoms with van der Waals surface area (Å²) in [5.74, 6) is -0.400. The number of alkyl halides is 3. The van der Waals surface area contributed by atoms with Gasteiger partial charge in [0.15, 0.2) is 0 Å². The van der Waals surface area contributed by atoms with E-state index in [0.29, 0.717) is 11.3 Å². The molecule has 120 valence electrons. The Morgan fingerprint density at radius 1 is 1.30 bits per heavy atom. The van der Waals surface area contributed by atoms with E-state index >= 15 is 0 Å². The minimum atomic E-state index is -4.46. The van der Waals surface area contributed by atoms with Crippen molar-refractivity contribution in [2.75, 3.05) is 7.05 Å². The second-order valence-corrected chi connectivity index (χ2v) is 4.93. The van der Waals surface area contributed by atoms with Crippen molar-refractivity contribution < 1.29 is 18.0 Å². The van der Waals surface area contributed by atoms with Gasteiger partial charge >= 0.3 is 6.18 Å². The van der Waals surface area contributed by atoms with Gasteiger partial charge in [0.25, 0.3) is 5.91 Å². The number of carbonyl (C=O) groups excluding carboxylic acids is 1. The van der Waals surface area contributed by atoms with E-state index in [9.17, 15) is 18.0 Å². The van der Waals surface area contributed by atoms with Crippen LogP contribution < -0.4 is 0 Å². The molecule has 0 N–H and O–H groups in total. The quantitative estimate of drug-likeness (QED) is 0.801. The SMILES string of the molecule is C=C1/C(=C\C=C/C)C(=Nc2cccc(C(F)(F)F)c2)C(=O)N1C. The smallest absolute Gasteiger partial charge is 0.310 e. The van der Waals surface area contributed by atoms with Gasteiger partial charge in [0.1, 0.15) is 5.71 Å². The van der Waals surface area contributed by atoms with Gasteiger partial charge in [0.05, 0.1) is 11.3 Å². The molecule has 0 atom stereocenters. The van der Waals surface area contributed by atoms with Crippen LogP contribution in [0.5, 0.6) is 0 Å². The third-order valence-electron chi connectivity index (χ3n) is 3.35. The van der Waals surface area contributed by atoms with Crippen LogP contribution in [-0.4, -0.2) is 23.6 Å². The number of allylic oxidation sites excluding steroid dienone is 4. The Morgan fingerprint density at radius 3 is 2.61 bits per heavy atom. The maximum atomic E-state index is 12.8. The zero-order valence-corrected chi connectivity index (χ0v) is 12.7. The molecule has 1 heterocycles. The molecule has 1 saturated heterocycles. The van der Waals surface area contributed by atoms with Crippen molar-refractivity contribution in [1.29, 1.82) is 0 Å². The van der Waals surface area contributed by atoms with Crippen molar-refractivity contribution in [3.63, 3.8) is 0 Å². The van der Waals surface area contributed by atoms with Crippen molar-refractivity contribution in [3.05, 3.63) is 65.9 Å². The Balaban J connectivity index is 2.52. The summed E-state index contributed by atoms with van der Waals surface area (Å²) in [4.78, 5) is 17.7. The Morgan fingerprint density at radius 2 is 2.00 bits per heavy atom. The number of aliphatic imine (C=N–C) groups is 1.